The van der Waals surface area contributed by atoms with Gasteiger partial charge >= 0.3 is 11.8 Å². The van der Waals surface area contributed by atoms with Crippen LogP contribution in [0.5, 0.6) is 5.75 Å². The molecule has 3 aromatic rings. The second-order valence-electron chi connectivity index (χ2n) is 5.26. The Morgan fingerprint density at radius 1 is 1.22 bits per heavy atom. The summed E-state index contributed by atoms with van der Waals surface area (Å²) < 4.78 is 10.2. The smallest absolute Gasteiger partial charge is 0.316 e. The third-order valence-corrected chi connectivity index (χ3v) is 4.57. The number of carbonyl (C=O) groups is 2. The van der Waals surface area contributed by atoms with Crippen molar-refractivity contribution in [3.8, 4) is 17.1 Å². The van der Waals surface area contributed by atoms with Crippen LogP contribution < -0.4 is 15.4 Å². The fourth-order valence-electron chi connectivity index (χ4n) is 2.20. The van der Waals surface area contributed by atoms with Crippen molar-refractivity contribution in [2.45, 2.75) is 0 Å². The van der Waals surface area contributed by atoms with Gasteiger partial charge < -0.3 is 19.9 Å². The Kier molecular flexibility index (Phi) is 6.05. The highest BCUT2D eigenvalue weighted by Crippen LogP contribution is 2.30. The fourth-order valence-corrected chi connectivity index (χ4v) is 3.01. The highest BCUT2D eigenvalue weighted by molar-refractivity contribution is 7.12. The number of amides is 2. The molecule has 0 unspecified atom stereocenters. The number of methoxy groups -OCH3 is 1. The number of nitrogens with zero attached hydrogens (tertiary/aromatic N) is 2. The van der Waals surface area contributed by atoms with E-state index >= 15 is 0 Å². The van der Waals surface area contributed by atoms with Crippen molar-refractivity contribution in [2.75, 3.05) is 20.2 Å². The summed E-state index contributed by atoms with van der Waals surface area (Å²) in [4.78, 5) is 28.6. The maximum Gasteiger partial charge on any atom is 0.316 e. The molecule has 2 aromatic heterocycles. The molecule has 140 valence electrons. The summed E-state index contributed by atoms with van der Waals surface area (Å²) in [6.07, 6.45) is 0. The number of nitrogens with one attached hydrogen (secondary N) is 2. The van der Waals surface area contributed by atoms with Crippen LogP contribution in [0.15, 0.2) is 40.2 Å². The van der Waals surface area contributed by atoms with E-state index in [9.17, 15) is 9.59 Å². The Balaban J connectivity index is 1.56. The lowest BCUT2D eigenvalue weighted by Crippen LogP contribution is -2.34. The lowest BCUT2D eigenvalue weighted by molar-refractivity contribution is 0.0899. The largest absolute Gasteiger partial charge is 0.496 e. The second-order valence-corrected chi connectivity index (χ2v) is 6.64. The average molecular weight is 407 g/mol. The van der Waals surface area contributed by atoms with E-state index in [4.69, 9.17) is 20.9 Å². The number of halogens is 1. The van der Waals surface area contributed by atoms with E-state index < -0.39 is 5.91 Å². The van der Waals surface area contributed by atoms with Gasteiger partial charge in [0.25, 0.3) is 5.91 Å². The minimum Gasteiger partial charge on any atom is -0.496 e. The van der Waals surface area contributed by atoms with Gasteiger partial charge in [-0.05, 0) is 29.6 Å². The van der Waals surface area contributed by atoms with Gasteiger partial charge in [0.15, 0.2) is 0 Å². The van der Waals surface area contributed by atoms with Crippen molar-refractivity contribution < 1.29 is 18.8 Å². The number of thiophene rings is 1. The summed E-state index contributed by atoms with van der Waals surface area (Å²) in [5.41, 5.74) is 0.510. The highest BCUT2D eigenvalue weighted by Gasteiger charge is 2.18. The minimum absolute atomic E-state index is 0.186. The molecule has 0 aliphatic heterocycles. The van der Waals surface area contributed by atoms with Crippen molar-refractivity contribution in [3.05, 3.63) is 51.5 Å². The summed E-state index contributed by atoms with van der Waals surface area (Å²) in [5.74, 6) is -0.238. The minimum atomic E-state index is -0.542. The Labute approximate surface area is 163 Å². The van der Waals surface area contributed by atoms with Crippen LogP contribution in [0.1, 0.15) is 20.4 Å². The molecular formula is C17H15ClN4O4S. The number of hydrogen-bond acceptors (Lipinski definition) is 7. The Morgan fingerprint density at radius 2 is 2.00 bits per heavy atom. The molecule has 0 aliphatic carbocycles. The molecule has 10 heteroatoms. The second kappa shape index (κ2) is 8.65. The van der Waals surface area contributed by atoms with Crippen LogP contribution in [0, 0.1) is 0 Å². The van der Waals surface area contributed by atoms with Gasteiger partial charge in [-0.25, -0.2) is 0 Å². The molecule has 27 heavy (non-hydrogen) atoms. The SMILES string of the molecule is COc1ccc(Cl)cc1-c1noc(C(=O)NCCNC(=O)c2cccs2)n1. The van der Waals surface area contributed by atoms with Gasteiger partial charge in [-0.1, -0.05) is 22.8 Å². The molecule has 0 radical (unpaired) electrons. The van der Waals surface area contributed by atoms with E-state index in [1.165, 1.54) is 18.4 Å². The van der Waals surface area contributed by atoms with E-state index in [1.807, 2.05) is 5.38 Å². The number of hydrogen-bond donors (Lipinski definition) is 2. The summed E-state index contributed by atoms with van der Waals surface area (Å²) in [6, 6.07) is 8.48. The molecule has 0 saturated carbocycles. The number of rotatable bonds is 7. The van der Waals surface area contributed by atoms with Crippen LogP contribution in [-0.2, 0) is 0 Å². The zero-order valence-corrected chi connectivity index (χ0v) is 15.8. The first-order chi connectivity index (χ1) is 13.1. The molecular weight excluding hydrogens is 392 g/mol. The first-order valence-electron chi connectivity index (χ1n) is 7.86. The average Bonchev–Trinajstić information content (AvgIpc) is 3.37. The van der Waals surface area contributed by atoms with Crippen LogP contribution in [-0.4, -0.2) is 42.2 Å². The van der Waals surface area contributed by atoms with Crippen LogP contribution in [0.3, 0.4) is 0 Å². The summed E-state index contributed by atoms with van der Waals surface area (Å²) in [6.45, 7) is 0.486. The quantitative estimate of drug-likeness (QED) is 0.584. The van der Waals surface area contributed by atoms with Crippen molar-refractivity contribution in [3.63, 3.8) is 0 Å². The standard InChI is InChI=1S/C17H15ClN4O4S/c1-25-12-5-4-10(18)9-11(12)14-21-17(26-22-14)16(24)20-7-6-19-15(23)13-3-2-8-27-13/h2-5,8-9H,6-7H2,1H3,(H,19,23)(H,20,24). The summed E-state index contributed by atoms with van der Waals surface area (Å²) in [7, 11) is 1.50. The Bertz CT molecular complexity index is 942. The molecule has 0 spiro atoms. The van der Waals surface area contributed by atoms with Gasteiger partial charge in [0.2, 0.25) is 5.82 Å². The number of aromatic nitrogens is 2. The van der Waals surface area contributed by atoms with E-state index in [0.29, 0.717) is 21.2 Å². The summed E-state index contributed by atoms with van der Waals surface area (Å²) in [5, 5.41) is 11.4. The van der Waals surface area contributed by atoms with Gasteiger partial charge in [0.1, 0.15) is 5.75 Å². The van der Waals surface area contributed by atoms with E-state index in [0.717, 1.165) is 0 Å². The molecule has 0 atom stereocenters. The van der Waals surface area contributed by atoms with Crippen LogP contribution in [0.4, 0.5) is 0 Å². The van der Waals surface area contributed by atoms with Crippen LogP contribution >= 0.6 is 22.9 Å². The van der Waals surface area contributed by atoms with Gasteiger partial charge in [-0.15, -0.1) is 11.3 Å². The lowest BCUT2D eigenvalue weighted by atomic mass is 10.2. The highest BCUT2D eigenvalue weighted by atomic mass is 35.5. The first kappa shape index (κ1) is 18.9. The fraction of sp³-hybridized carbons (Fsp3) is 0.176. The van der Waals surface area contributed by atoms with Gasteiger partial charge in [-0.2, -0.15) is 4.98 Å². The predicted molar refractivity (Wildman–Crippen MR) is 100 cm³/mol. The zero-order chi connectivity index (χ0) is 19.2. The van der Waals surface area contributed by atoms with Crippen molar-refractivity contribution in [2.24, 2.45) is 0 Å². The molecule has 8 nitrogen and oxygen atoms in total. The monoisotopic (exact) mass is 406 g/mol. The van der Waals surface area contributed by atoms with Gasteiger partial charge in [-0.3, -0.25) is 9.59 Å². The lowest BCUT2D eigenvalue weighted by Gasteiger charge is -2.05. The molecule has 2 amide bonds. The molecule has 0 saturated heterocycles. The number of carbonyl (C=O) groups excluding carboxylic acids is 2. The topological polar surface area (TPSA) is 106 Å². The van der Waals surface area contributed by atoms with Gasteiger partial charge in [0, 0.05) is 18.1 Å². The van der Waals surface area contributed by atoms with Crippen molar-refractivity contribution in [1.82, 2.24) is 20.8 Å². The molecule has 3 rings (SSSR count). The van der Waals surface area contributed by atoms with Crippen molar-refractivity contribution in [1.29, 1.82) is 0 Å². The van der Waals surface area contributed by atoms with Crippen LogP contribution in [0.2, 0.25) is 5.02 Å². The third-order valence-electron chi connectivity index (χ3n) is 3.46. The molecule has 0 aliphatic rings. The van der Waals surface area contributed by atoms with Crippen molar-refractivity contribution >= 4 is 34.8 Å². The Hall–Kier alpha value is -2.91. The van der Waals surface area contributed by atoms with Gasteiger partial charge in [0.05, 0.1) is 17.6 Å². The van der Waals surface area contributed by atoms with E-state index in [-0.39, 0.29) is 30.7 Å². The number of benzene rings is 1. The molecule has 1 aromatic carbocycles. The third kappa shape index (κ3) is 4.63. The summed E-state index contributed by atoms with van der Waals surface area (Å²) >= 11 is 7.33. The molecule has 2 heterocycles. The molecule has 0 fully saturated rings. The first-order valence-corrected chi connectivity index (χ1v) is 9.12. The molecule has 0 bridgehead atoms. The maximum absolute atomic E-state index is 12.1. The Morgan fingerprint density at radius 3 is 2.70 bits per heavy atom. The zero-order valence-electron chi connectivity index (χ0n) is 14.2. The normalized spacial score (nSPS) is 10.4. The molecule has 2 N–H and O–H groups in total. The maximum atomic E-state index is 12.1. The predicted octanol–water partition coefficient (Wildman–Crippen LogP) is 2.62. The van der Waals surface area contributed by atoms with Crippen LogP contribution in [0.25, 0.3) is 11.4 Å². The number of ether oxygens (including phenoxy) is 1. The van der Waals surface area contributed by atoms with E-state index in [2.05, 4.69) is 20.8 Å². The van der Waals surface area contributed by atoms with E-state index in [1.54, 1.807) is 30.3 Å².